The Balaban J connectivity index is 2.34. The minimum atomic E-state index is -2.82. The topological polar surface area (TPSA) is 49.4 Å². The Morgan fingerprint density at radius 3 is 2.61 bits per heavy atom. The fourth-order valence-electron chi connectivity index (χ4n) is 2.50. The lowest BCUT2D eigenvalue weighted by Crippen LogP contribution is -2.41. The van der Waals surface area contributed by atoms with Crippen LogP contribution < -0.4 is 5.32 Å². The molecule has 1 saturated heterocycles. The van der Waals surface area contributed by atoms with Gasteiger partial charge < -0.3 is 10.2 Å². The first kappa shape index (κ1) is 15.9. The Hall–Kier alpha value is -0.130. The third-order valence-electron chi connectivity index (χ3n) is 3.58. The number of hydrogen-bond acceptors (Lipinski definition) is 4. The Morgan fingerprint density at radius 1 is 1.39 bits per heavy atom. The molecule has 0 aromatic rings. The summed E-state index contributed by atoms with van der Waals surface area (Å²) in [7, 11) is -2.82. The molecule has 4 nitrogen and oxygen atoms in total. The largest absolute Gasteiger partial charge is 0.316 e. The molecule has 0 spiro atoms. The van der Waals surface area contributed by atoms with E-state index < -0.39 is 9.84 Å². The summed E-state index contributed by atoms with van der Waals surface area (Å²) in [5.41, 5.74) is 0. The first-order valence-corrected chi connectivity index (χ1v) is 9.07. The molecule has 18 heavy (non-hydrogen) atoms. The van der Waals surface area contributed by atoms with E-state index in [0.717, 1.165) is 38.5 Å². The zero-order valence-electron chi connectivity index (χ0n) is 12.0. The number of sulfone groups is 1. The number of nitrogens with one attached hydrogen (secondary N) is 1. The van der Waals surface area contributed by atoms with E-state index in [1.165, 1.54) is 19.1 Å². The molecule has 1 rings (SSSR count). The van der Waals surface area contributed by atoms with Crippen LogP contribution in [0, 0.1) is 5.92 Å². The lowest BCUT2D eigenvalue weighted by Gasteiger charge is -2.32. The van der Waals surface area contributed by atoms with Gasteiger partial charge in [0, 0.05) is 18.8 Å². The van der Waals surface area contributed by atoms with Crippen LogP contribution in [0.15, 0.2) is 0 Å². The predicted molar refractivity (Wildman–Crippen MR) is 76.6 cm³/mol. The van der Waals surface area contributed by atoms with Gasteiger partial charge in [-0.15, -0.1) is 0 Å². The average Bonchev–Trinajstić information content (AvgIpc) is 2.27. The third-order valence-corrected chi connectivity index (χ3v) is 4.61. The van der Waals surface area contributed by atoms with Gasteiger partial charge in [-0.3, -0.25) is 0 Å². The van der Waals surface area contributed by atoms with Gasteiger partial charge in [0.25, 0.3) is 0 Å². The van der Waals surface area contributed by atoms with Crippen molar-refractivity contribution in [3.05, 3.63) is 0 Å². The monoisotopic (exact) mass is 276 g/mol. The number of hydrogen-bond donors (Lipinski definition) is 1. The second-order valence-electron chi connectivity index (χ2n) is 5.78. The molecule has 0 aliphatic carbocycles. The van der Waals surface area contributed by atoms with E-state index in [0.29, 0.717) is 11.8 Å². The minimum Gasteiger partial charge on any atom is -0.316 e. The molecule has 1 unspecified atom stereocenters. The average molecular weight is 276 g/mol. The molecule has 5 heteroatoms. The molecule has 1 atom stereocenters. The van der Waals surface area contributed by atoms with Gasteiger partial charge in [0.05, 0.1) is 5.75 Å². The van der Waals surface area contributed by atoms with Gasteiger partial charge in [0.1, 0.15) is 9.84 Å². The van der Waals surface area contributed by atoms with Gasteiger partial charge >= 0.3 is 0 Å². The van der Waals surface area contributed by atoms with E-state index in [4.69, 9.17) is 0 Å². The molecular formula is C13H28N2O2S. The molecule has 0 saturated carbocycles. The van der Waals surface area contributed by atoms with Crippen LogP contribution >= 0.6 is 0 Å². The summed E-state index contributed by atoms with van der Waals surface area (Å²) >= 11 is 0. The summed E-state index contributed by atoms with van der Waals surface area (Å²) in [6, 6.07) is 0.492. The third kappa shape index (κ3) is 6.71. The summed E-state index contributed by atoms with van der Waals surface area (Å²) in [6.07, 6.45) is 4.62. The molecule has 1 aliphatic rings. The first-order valence-electron chi connectivity index (χ1n) is 7.01. The smallest absolute Gasteiger partial charge is 0.147 e. The second-order valence-corrected chi connectivity index (χ2v) is 8.04. The summed E-state index contributed by atoms with van der Waals surface area (Å²) < 4.78 is 22.3. The Bertz CT molecular complexity index is 322. The fourth-order valence-corrected chi connectivity index (χ4v) is 3.16. The molecule has 0 radical (unpaired) electrons. The van der Waals surface area contributed by atoms with Crippen molar-refractivity contribution in [1.29, 1.82) is 0 Å². The number of rotatable bonds is 7. The van der Waals surface area contributed by atoms with Gasteiger partial charge in [-0.25, -0.2) is 8.42 Å². The van der Waals surface area contributed by atoms with E-state index in [1.807, 2.05) is 0 Å². The summed E-state index contributed by atoms with van der Waals surface area (Å²) in [5, 5.41) is 3.44. The van der Waals surface area contributed by atoms with Crippen LogP contribution in [0.4, 0.5) is 0 Å². The maximum Gasteiger partial charge on any atom is 0.147 e. The first-order chi connectivity index (χ1) is 8.38. The SMILES string of the molecule is CC(C)N(CCCS(C)(=O)=O)CC1CCCNC1. The van der Waals surface area contributed by atoms with Gasteiger partial charge in [0.15, 0.2) is 0 Å². The highest BCUT2D eigenvalue weighted by Crippen LogP contribution is 2.14. The fraction of sp³-hybridized carbons (Fsp3) is 1.00. The minimum absolute atomic E-state index is 0.305. The van der Waals surface area contributed by atoms with Crippen LogP contribution in [-0.2, 0) is 9.84 Å². The molecule has 108 valence electrons. The van der Waals surface area contributed by atoms with Crippen molar-refractivity contribution >= 4 is 9.84 Å². The molecule has 0 aromatic heterocycles. The summed E-state index contributed by atoms with van der Waals surface area (Å²) in [5.74, 6) is 1.03. The van der Waals surface area contributed by atoms with E-state index in [1.54, 1.807) is 0 Å². The van der Waals surface area contributed by atoms with Crippen molar-refractivity contribution in [2.24, 2.45) is 5.92 Å². The molecule has 0 bridgehead atoms. The zero-order valence-corrected chi connectivity index (χ0v) is 12.8. The zero-order chi connectivity index (χ0) is 13.6. The Kier molecular flexibility index (Phi) is 6.60. The second kappa shape index (κ2) is 7.46. The van der Waals surface area contributed by atoms with Crippen LogP contribution in [-0.4, -0.2) is 57.5 Å². The Morgan fingerprint density at radius 2 is 2.11 bits per heavy atom. The van der Waals surface area contributed by atoms with Crippen LogP contribution in [0.25, 0.3) is 0 Å². The van der Waals surface area contributed by atoms with E-state index in [9.17, 15) is 8.42 Å². The van der Waals surface area contributed by atoms with E-state index >= 15 is 0 Å². The normalized spacial score (nSPS) is 21.7. The summed E-state index contributed by atoms with van der Waals surface area (Å²) in [6.45, 7) is 8.62. The van der Waals surface area contributed by atoms with Crippen molar-refractivity contribution in [1.82, 2.24) is 10.2 Å². The van der Waals surface area contributed by atoms with E-state index in [-0.39, 0.29) is 0 Å². The predicted octanol–water partition coefficient (Wildman–Crippen LogP) is 1.13. The molecule has 1 aliphatic heterocycles. The molecular weight excluding hydrogens is 248 g/mol. The molecule has 0 amide bonds. The summed E-state index contributed by atoms with van der Waals surface area (Å²) in [4.78, 5) is 2.42. The van der Waals surface area contributed by atoms with Crippen LogP contribution in [0.5, 0.6) is 0 Å². The molecule has 0 aromatic carbocycles. The lowest BCUT2D eigenvalue weighted by molar-refractivity contribution is 0.172. The van der Waals surface area contributed by atoms with Gasteiger partial charge in [-0.2, -0.15) is 0 Å². The van der Waals surface area contributed by atoms with Gasteiger partial charge in [-0.1, -0.05) is 0 Å². The highest BCUT2D eigenvalue weighted by Gasteiger charge is 2.18. The van der Waals surface area contributed by atoms with Crippen LogP contribution in [0.2, 0.25) is 0 Å². The maximum atomic E-state index is 11.1. The standard InChI is InChI=1S/C13H28N2O2S/c1-12(2)15(8-5-9-18(3,16)17)11-13-6-4-7-14-10-13/h12-14H,4-11H2,1-3H3. The molecule has 1 heterocycles. The highest BCUT2D eigenvalue weighted by atomic mass is 32.2. The number of nitrogens with zero attached hydrogens (tertiary/aromatic N) is 1. The van der Waals surface area contributed by atoms with Crippen molar-refractivity contribution in [2.45, 2.75) is 39.2 Å². The van der Waals surface area contributed by atoms with Crippen molar-refractivity contribution in [3.63, 3.8) is 0 Å². The van der Waals surface area contributed by atoms with Gasteiger partial charge in [0.2, 0.25) is 0 Å². The van der Waals surface area contributed by atoms with Gasteiger partial charge in [-0.05, 0) is 58.7 Å². The highest BCUT2D eigenvalue weighted by molar-refractivity contribution is 7.90. The lowest BCUT2D eigenvalue weighted by atomic mass is 9.98. The Labute approximate surface area is 112 Å². The van der Waals surface area contributed by atoms with Crippen LogP contribution in [0.1, 0.15) is 33.1 Å². The maximum absolute atomic E-state index is 11.1. The van der Waals surface area contributed by atoms with Crippen LogP contribution in [0.3, 0.4) is 0 Å². The van der Waals surface area contributed by atoms with Crippen molar-refractivity contribution < 1.29 is 8.42 Å². The number of piperidine rings is 1. The molecule has 1 N–H and O–H groups in total. The van der Waals surface area contributed by atoms with E-state index in [2.05, 4.69) is 24.1 Å². The quantitative estimate of drug-likeness (QED) is 0.757. The molecule has 1 fully saturated rings. The van der Waals surface area contributed by atoms with Crippen molar-refractivity contribution in [3.8, 4) is 0 Å². The van der Waals surface area contributed by atoms with Crippen molar-refractivity contribution in [2.75, 3.05) is 38.2 Å².